The van der Waals surface area contributed by atoms with Crippen LogP contribution in [0.3, 0.4) is 0 Å². The van der Waals surface area contributed by atoms with Gasteiger partial charge in [0, 0.05) is 19.3 Å². The fourth-order valence-corrected chi connectivity index (χ4v) is 1.83. The molecule has 2 amide bonds. The Morgan fingerprint density at radius 1 is 1.61 bits per heavy atom. The molecule has 0 aromatic carbocycles. The monoisotopic (exact) mass is 251 g/mol. The lowest BCUT2D eigenvalue weighted by molar-refractivity contribution is 0.209. The third kappa shape index (κ3) is 3.42. The molecule has 0 radical (unpaired) electrons. The lowest BCUT2D eigenvalue weighted by Gasteiger charge is -2.22. The molecule has 98 valence electrons. The zero-order chi connectivity index (χ0) is 13.0. The summed E-state index contributed by atoms with van der Waals surface area (Å²) in [5.74, 6) is 0.123. The summed E-state index contributed by atoms with van der Waals surface area (Å²) >= 11 is 0. The van der Waals surface area contributed by atoms with Gasteiger partial charge in [0.1, 0.15) is 0 Å². The van der Waals surface area contributed by atoms with E-state index < -0.39 is 5.82 Å². The van der Waals surface area contributed by atoms with Gasteiger partial charge in [-0.15, -0.1) is 0 Å². The highest BCUT2D eigenvalue weighted by molar-refractivity contribution is 5.89. The number of pyridine rings is 1. The van der Waals surface area contributed by atoms with Gasteiger partial charge in [-0.1, -0.05) is 6.92 Å². The van der Waals surface area contributed by atoms with E-state index in [0.717, 1.165) is 19.2 Å². The molecule has 1 aliphatic carbocycles. The number of urea groups is 1. The lowest BCUT2D eigenvalue weighted by atomic mass is 10.3. The molecule has 2 rings (SSSR count). The Morgan fingerprint density at radius 3 is 3.00 bits per heavy atom. The molecule has 1 heterocycles. The predicted molar refractivity (Wildman–Crippen MR) is 67.8 cm³/mol. The summed E-state index contributed by atoms with van der Waals surface area (Å²) in [6.07, 6.45) is 5.84. The molecular formula is C13H18FN3O. The molecule has 5 heteroatoms. The minimum Gasteiger partial charge on any atom is -0.324 e. The number of nitrogens with one attached hydrogen (secondary N) is 1. The van der Waals surface area contributed by atoms with Crippen molar-refractivity contribution in [1.29, 1.82) is 0 Å². The van der Waals surface area contributed by atoms with Crippen LogP contribution in [0.2, 0.25) is 0 Å². The van der Waals surface area contributed by atoms with E-state index in [0.29, 0.717) is 12.5 Å². The summed E-state index contributed by atoms with van der Waals surface area (Å²) in [5, 5.41) is 2.60. The molecule has 18 heavy (non-hydrogen) atoms. The summed E-state index contributed by atoms with van der Waals surface area (Å²) in [4.78, 5) is 17.5. The molecular weight excluding hydrogens is 233 g/mol. The first kappa shape index (κ1) is 12.8. The van der Waals surface area contributed by atoms with Crippen LogP contribution >= 0.6 is 0 Å². The number of anilines is 1. The maximum absolute atomic E-state index is 13.4. The lowest BCUT2D eigenvalue weighted by Crippen LogP contribution is -2.37. The summed E-state index contributed by atoms with van der Waals surface area (Å²) < 4.78 is 13.4. The molecule has 0 atom stereocenters. The highest BCUT2D eigenvalue weighted by Gasteiger charge is 2.26. The fraction of sp³-hybridized carbons (Fsp3) is 0.538. The number of hydrogen-bond donors (Lipinski definition) is 1. The van der Waals surface area contributed by atoms with Gasteiger partial charge in [0.2, 0.25) is 0 Å². The number of halogens is 1. The summed E-state index contributed by atoms with van der Waals surface area (Å²) in [6, 6.07) is 1.24. The van der Waals surface area contributed by atoms with Gasteiger partial charge in [0.15, 0.2) is 5.82 Å². The fourth-order valence-electron chi connectivity index (χ4n) is 1.83. The Kier molecular flexibility index (Phi) is 4.12. The Labute approximate surface area is 106 Å². The van der Waals surface area contributed by atoms with Crippen molar-refractivity contribution in [2.75, 3.05) is 18.4 Å². The van der Waals surface area contributed by atoms with Crippen molar-refractivity contribution in [2.45, 2.75) is 26.2 Å². The smallest absolute Gasteiger partial charge is 0.321 e. The number of carbonyl (C=O) groups is 1. The van der Waals surface area contributed by atoms with Crippen LogP contribution in [0.15, 0.2) is 18.5 Å². The predicted octanol–water partition coefficient (Wildman–Crippen LogP) is 2.87. The molecule has 0 unspecified atom stereocenters. The van der Waals surface area contributed by atoms with E-state index in [1.165, 1.54) is 25.1 Å². The second kappa shape index (κ2) is 5.80. The number of rotatable bonds is 5. The van der Waals surface area contributed by atoms with Gasteiger partial charge in [-0.05, 0) is 31.2 Å². The van der Waals surface area contributed by atoms with Crippen LogP contribution in [0.1, 0.15) is 26.2 Å². The van der Waals surface area contributed by atoms with Crippen LogP contribution in [0.4, 0.5) is 14.9 Å². The first-order valence-corrected chi connectivity index (χ1v) is 6.36. The Bertz CT molecular complexity index is 420. The highest BCUT2D eigenvalue weighted by atomic mass is 19.1. The third-order valence-corrected chi connectivity index (χ3v) is 2.97. The van der Waals surface area contributed by atoms with Crippen molar-refractivity contribution in [3.63, 3.8) is 0 Å². The average Bonchev–Trinajstić information content (AvgIpc) is 3.15. The van der Waals surface area contributed by atoms with Gasteiger partial charge < -0.3 is 10.2 Å². The molecule has 0 aliphatic heterocycles. The maximum atomic E-state index is 13.4. The molecule has 1 aliphatic rings. The molecule has 0 bridgehead atoms. The largest absolute Gasteiger partial charge is 0.324 e. The van der Waals surface area contributed by atoms with Crippen molar-refractivity contribution < 1.29 is 9.18 Å². The second-order valence-electron chi connectivity index (χ2n) is 4.68. The van der Waals surface area contributed by atoms with Gasteiger partial charge in [0.25, 0.3) is 0 Å². The number of hydrogen-bond acceptors (Lipinski definition) is 2. The van der Waals surface area contributed by atoms with Gasteiger partial charge in [-0.2, -0.15) is 0 Å². The van der Waals surface area contributed by atoms with Crippen LogP contribution in [-0.2, 0) is 0 Å². The van der Waals surface area contributed by atoms with Gasteiger partial charge in [0.05, 0.1) is 11.9 Å². The van der Waals surface area contributed by atoms with Gasteiger partial charge in [-0.25, -0.2) is 9.18 Å². The molecule has 0 saturated heterocycles. The zero-order valence-electron chi connectivity index (χ0n) is 10.5. The van der Waals surface area contributed by atoms with E-state index >= 15 is 0 Å². The van der Waals surface area contributed by atoms with E-state index in [-0.39, 0.29) is 11.7 Å². The van der Waals surface area contributed by atoms with Crippen molar-refractivity contribution in [3.8, 4) is 0 Å². The second-order valence-corrected chi connectivity index (χ2v) is 4.68. The minimum atomic E-state index is -0.506. The van der Waals surface area contributed by atoms with Crippen LogP contribution in [0, 0.1) is 11.7 Å². The van der Waals surface area contributed by atoms with E-state index in [9.17, 15) is 9.18 Å². The summed E-state index contributed by atoms with van der Waals surface area (Å²) in [5.41, 5.74) is 0.187. The Morgan fingerprint density at radius 2 is 2.39 bits per heavy atom. The quantitative estimate of drug-likeness (QED) is 0.874. The maximum Gasteiger partial charge on any atom is 0.321 e. The highest BCUT2D eigenvalue weighted by Crippen LogP contribution is 2.30. The van der Waals surface area contributed by atoms with Gasteiger partial charge in [-0.3, -0.25) is 4.98 Å². The minimum absolute atomic E-state index is 0.187. The Balaban J connectivity index is 1.97. The van der Waals surface area contributed by atoms with E-state index in [1.54, 1.807) is 4.90 Å². The van der Waals surface area contributed by atoms with Crippen LogP contribution in [0.5, 0.6) is 0 Å². The molecule has 1 aromatic heterocycles. The topological polar surface area (TPSA) is 45.2 Å². The van der Waals surface area contributed by atoms with Crippen molar-refractivity contribution >= 4 is 11.7 Å². The molecule has 0 spiro atoms. The van der Waals surface area contributed by atoms with Crippen LogP contribution < -0.4 is 5.32 Å². The van der Waals surface area contributed by atoms with Crippen molar-refractivity contribution in [3.05, 3.63) is 24.3 Å². The van der Waals surface area contributed by atoms with E-state index in [4.69, 9.17) is 0 Å². The molecule has 4 nitrogen and oxygen atoms in total. The number of amides is 2. The van der Waals surface area contributed by atoms with Crippen molar-refractivity contribution in [2.24, 2.45) is 5.92 Å². The molecule has 1 N–H and O–H groups in total. The number of nitrogens with zero attached hydrogens (tertiary/aromatic N) is 2. The van der Waals surface area contributed by atoms with Crippen molar-refractivity contribution in [1.82, 2.24) is 9.88 Å². The Hall–Kier alpha value is -1.65. The third-order valence-electron chi connectivity index (χ3n) is 2.97. The van der Waals surface area contributed by atoms with Crippen LogP contribution in [-0.4, -0.2) is 29.0 Å². The average molecular weight is 251 g/mol. The number of aromatic nitrogens is 1. The summed E-state index contributed by atoms with van der Waals surface area (Å²) in [6.45, 7) is 3.50. The van der Waals surface area contributed by atoms with E-state index in [1.807, 2.05) is 6.92 Å². The van der Waals surface area contributed by atoms with Gasteiger partial charge >= 0.3 is 6.03 Å². The first-order chi connectivity index (χ1) is 8.70. The standard InChI is InChI=1S/C13H18FN3O/c1-2-7-17(9-10-3-4-10)13(18)16-12-5-6-15-8-11(12)14/h5-6,8,10H,2-4,7,9H2,1H3,(H,15,16,18). The van der Waals surface area contributed by atoms with E-state index in [2.05, 4.69) is 10.3 Å². The first-order valence-electron chi connectivity index (χ1n) is 6.36. The normalized spacial score (nSPS) is 14.3. The molecule has 1 aromatic rings. The summed E-state index contributed by atoms with van der Waals surface area (Å²) in [7, 11) is 0. The molecule has 1 saturated carbocycles. The SMILES string of the molecule is CCCN(CC1CC1)C(=O)Nc1ccncc1F. The molecule has 1 fully saturated rings. The number of carbonyl (C=O) groups excluding carboxylic acids is 1. The zero-order valence-corrected chi connectivity index (χ0v) is 10.5. The van der Waals surface area contributed by atoms with Crippen LogP contribution in [0.25, 0.3) is 0 Å².